The summed E-state index contributed by atoms with van der Waals surface area (Å²) >= 11 is 7.03. The van der Waals surface area contributed by atoms with Crippen molar-refractivity contribution < 1.29 is 18.0 Å². The number of halogens is 4. The summed E-state index contributed by atoms with van der Waals surface area (Å²) in [6.07, 6.45) is -4.61. The number of carbonyl (C=O) groups is 1. The van der Waals surface area contributed by atoms with Crippen LogP contribution in [0.15, 0.2) is 35.7 Å². The highest BCUT2D eigenvalue weighted by Gasteiger charge is 2.34. The number of thiophene rings is 1. The Bertz CT molecular complexity index is 825. The molecule has 0 saturated heterocycles. The first-order valence-corrected chi connectivity index (χ1v) is 7.34. The summed E-state index contributed by atoms with van der Waals surface area (Å²) in [6.45, 7) is 0. The molecule has 3 aromatic rings. The highest BCUT2D eigenvalue weighted by Crippen LogP contribution is 2.36. The topological polar surface area (TPSA) is 44.9 Å². The predicted octanol–water partition coefficient (Wildman–Crippen LogP) is 5.15. The molecule has 1 aromatic carbocycles. The third kappa shape index (κ3) is 2.82. The second kappa shape index (κ2) is 5.33. The molecule has 1 amide bonds. The van der Waals surface area contributed by atoms with Crippen LogP contribution in [0.5, 0.6) is 0 Å². The van der Waals surface area contributed by atoms with Crippen LogP contribution in [0.2, 0.25) is 5.02 Å². The second-order valence-electron chi connectivity index (χ2n) is 4.52. The molecule has 8 heteroatoms. The molecule has 22 heavy (non-hydrogen) atoms. The molecule has 0 atom stereocenters. The summed E-state index contributed by atoms with van der Waals surface area (Å²) in [5.74, 6) is -0.642. The van der Waals surface area contributed by atoms with Gasteiger partial charge in [-0.05, 0) is 35.7 Å². The van der Waals surface area contributed by atoms with Crippen molar-refractivity contribution in [3.8, 4) is 0 Å². The normalized spacial score (nSPS) is 11.8. The molecule has 0 bridgehead atoms. The quantitative estimate of drug-likeness (QED) is 0.663. The molecule has 0 aliphatic carbocycles. The van der Waals surface area contributed by atoms with Crippen molar-refractivity contribution in [2.45, 2.75) is 6.18 Å². The summed E-state index contributed by atoms with van der Waals surface area (Å²) in [4.78, 5) is 15.0. The van der Waals surface area contributed by atoms with Gasteiger partial charge in [0.15, 0.2) is 0 Å². The van der Waals surface area contributed by atoms with Crippen molar-refractivity contribution in [3.05, 3.63) is 52.0 Å². The number of hydrogen-bond donors (Lipinski definition) is 2. The van der Waals surface area contributed by atoms with E-state index >= 15 is 0 Å². The van der Waals surface area contributed by atoms with Crippen molar-refractivity contribution >= 4 is 44.7 Å². The Balaban J connectivity index is 1.92. The van der Waals surface area contributed by atoms with Crippen molar-refractivity contribution in [2.24, 2.45) is 0 Å². The summed E-state index contributed by atoms with van der Waals surface area (Å²) in [5.41, 5.74) is -0.353. The third-order valence-corrected chi connectivity index (χ3v) is 4.12. The van der Waals surface area contributed by atoms with Crippen molar-refractivity contribution in [1.29, 1.82) is 0 Å². The minimum Gasteiger partial charge on any atom is -0.350 e. The second-order valence-corrected chi connectivity index (χ2v) is 5.91. The summed E-state index contributed by atoms with van der Waals surface area (Å²) in [7, 11) is 0. The highest BCUT2D eigenvalue weighted by molar-refractivity contribution is 7.17. The Labute approximate surface area is 131 Å². The fraction of sp³-hybridized carbons (Fsp3) is 0.0714. The standard InChI is InChI=1S/C14H8ClF3N2OS/c15-7-1-2-9(8(5-7)14(16,17)18)20-13(21)11-6-12-10(19-11)3-4-22-12/h1-6,19H,(H,20,21). The molecular weight excluding hydrogens is 337 g/mol. The average molecular weight is 345 g/mol. The van der Waals surface area contributed by atoms with Crippen LogP contribution in [0.3, 0.4) is 0 Å². The lowest BCUT2D eigenvalue weighted by Gasteiger charge is -2.13. The number of rotatable bonds is 2. The van der Waals surface area contributed by atoms with Gasteiger partial charge in [0.05, 0.1) is 21.5 Å². The number of nitrogens with one attached hydrogen (secondary N) is 2. The number of hydrogen-bond acceptors (Lipinski definition) is 2. The molecule has 3 nitrogen and oxygen atoms in total. The summed E-state index contributed by atoms with van der Waals surface area (Å²) in [6, 6.07) is 6.59. The maximum Gasteiger partial charge on any atom is 0.418 e. The number of aromatic amines is 1. The number of fused-ring (bicyclic) bond motifs is 1. The summed E-state index contributed by atoms with van der Waals surface area (Å²) in [5, 5.41) is 4.07. The lowest BCUT2D eigenvalue weighted by Crippen LogP contribution is -2.17. The van der Waals surface area contributed by atoms with Gasteiger partial charge < -0.3 is 10.3 Å². The Kier molecular flexibility index (Phi) is 3.62. The number of alkyl halides is 3. The van der Waals surface area contributed by atoms with Crippen LogP contribution in [0, 0.1) is 0 Å². The minimum atomic E-state index is -4.61. The number of anilines is 1. The van der Waals surface area contributed by atoms with Crippen molar-refractivity contribution in [1.82, 2.24) is 4.98 Å². The van der Waals surface area contributed by atoms with Gasteiger partial charge in [-0.1, -0.05) is 11.6 Å². The van der Waals surface area contributed by atoms with E-state index in [4.69, 9.17) is 11.6 Å². The molecule has 0 spiro atoms. The van der Waals surface area contributed by atoms with E-state index in [2.05, 4.69) is 10.3 Å². The molecule has 0 fully saturated rings. The van der Waals surface area contributed by atoms with E-state index in [1.807, 2.05) is 5.38 Å². The van der Waals surface area contributed by atoms with Crippen LogP contribution < -0.4 is 5.32 Å². The van der Waals surface area contributed by atoms with Crippen LogP contribution >= 0.6 is 22.9 Å². The Hall–Kier alpha value is -1.99. The predicted molar refractivity (Wildman–Crippen MR) is 80.6 cm³/mol. The molecule has 0 radical (unpaired) electrons. The largest absolute Gasteiger partial charge is 0.418 e. The molecule has 0 saturated carbocycles. The Morgan fingerprint density at radius 2 is 2.00 bits per heavy atom. The number of aromatic nitrogens is 1. The summed E-state index contributed by atoms with van der Waals surface area (Å²) < 4.78 is 39.8. The van der Waals surface area contributed by atoms with Gasteiger partial charge in [0.2, 0.25) is 0 Å². The zero-order valence-electron chi connectivity index (χ0n) is 10.8. The van der Waals surface area contributed by atoms with Crippen LogP contribution in [-0.4, -0.2) is 10.9 Å². The van der Waals surface area contributed by atoms with Gasteiger partial charge in [-0.25, -0.2) is 0 Å². The fourth-order valence-electron chi connectivity index (χ4n) is 2.02. The molecule has 114 valence electrons. The first kappa shape index (κ1) is 14.9. The Morgan fingerprint density at radius 1 is 1.23 bits per heavy atom. The molecule has 0 aliphatic heterocycles. The lowest BCUT2D eigenvalue weighted by molar-refractivity contribution is -0.136. The van der Waals surface area contributed by atoms with E-state index in [0.29, 0.717) is 0 Å². The molecule has 0 unspecified atom stereocenters. The van der Waals surface area contributed by atoms with Crippen molar-refractivity contribution in [3.63, 3.8) is 0 Å². The number of H-pyrrole nitrogens is 1. The van der Waals surface area contributed by atoms with E-state index < -0.39 is 17.6 Å². The maximum absolute atomic E-state index is 13.0. The van der Waals surface area contributed by atoms with E-state index in [9.17, 15) is 18.0 Å². The van der Waals surface area contributed by atoms with Crippen LogP contribution in [0.1, 0.15) is 16.1 Å². The number of carbonyl (C=O) groups excluding carboxylic acids is 1. The fourth-order valence-corrected chi connectivity index (χ4v) is 2.98. The molecule has 3 rings (SSSR count). The van der Waals surface area contributed by atoms with Gasteiger partial charge in [-0.3, -0.25) is 4.79 Å². The van der Waals surface area contributed by atoms with Crippen LogP contribution in [0.4, 0.5) is 18.9 Å². The van der Waals surface area contributed by atoms with Gasteiger partial charge >= 0.3 is 6.18 Å². The average Bonchev–Trinajstić information content (AvgIpc) is 3.00. The van der Waals surface area contributed by atoms with Gasteiger partial charge in [0.1, 0.15) is 5.69 Å². The molecule has 0 aliphatic rings. The first-order chi connectivity index (χ1) is 10.3. The van der Waals surface area contributed by atoms with Crippen LogP contribution in [-0.2, 0) is 6.18 Å². The van der Waals surface area contributed by atoms with E-state index in [0.717, 1.165) is 22.3 Å². The first-order valence-electron chi connectivity index (χ1n) is 6.09. The Morgan fingerprint density at radius 3 is 2.68 bits per heavy atom. The van der Waals surface area contributed by atoms with E-state index in [1.165, 1.54) is 17.4 Å². The van der Waals surface area contributed by atoms with Gasteiger partial charge in [-0.15, -0.1) is 11.3 Å². The minimum absolute atomic E-state index is 0.0503. The zero-order chi connectivity index (χ0) is 15.9. The zero-order valence-corrected chi connectivity index (χ0v) is 12.4. The number of amides is 1. The van der Waals surface area contributed by atoms with Crippen LogP contribution in [0.25, 0.3) is 10.2 Å². The lowest BCUT2D eigenvalue weighted by atomic mass is 10.1. The van der Waals surface area contributed by atoms with E-state index in [-0.39, 0.29) is 16.4 Å². The maximum atomic E-state index is 13.0. The van der Waals surface area contributed by atoms with Crippen molar-refractivity contribution in [2.75, 3.05) is 5.32 Å². The molecule has 2 aromatic heterocycles. The number of benzene rings is 1. The molecule has 2 heterocycles. The third-order valence-electron chi connectivity index (χ3n) is 3.02. The van der Waals surface area contributed by atoms with Gasteiger partial charge in [0, 0.05) is 5.02 Å². The van der Waals surface area contributed by atoms with E-state index in [1.54, 1.807) is 12.1 Å². The SMILES string of the molecule is O=C(Nc1ccc(Cl)cc1C(F)(F)F)c1cc2sccc2[nH]1. The highest BCUT2D eigenvalue weighted by atomic mass is 35.5. The van der Waals surface area contributed by atoms with Gasteiger partial charge in [-0.2, -0.15) is 13.2 Å². The monoisotopic (exact) mass is 344 g/mol. The van der Waals surface area contributed by atoms with Gasteiger partial charge in [0.25, 0.3) is 5.91 Å². The smallest absolute Gasteiger partial charge is 0.350 e. The molecule has 2 N–H and O–H groups in total. The molecular formula is C14H8ClF3N2OS.